The van der Waals surface area contributed by atoms with Crippen molar-refractivity contribution in [3.8, 4) is 28.6 Å². The number of aromatic nitrogens is 2. The monoisotopic (exact) mass is 301 g/mol. The van der Waals surface area contributed by atoms with Crippen molar-refractivity contribution in [2.24, 2.45) is 0 Å². The van der Waals surface area contributed by atoms with E-state index in [9.17, 15) is 0 Å². The molecule has 0 aliphatic heterocycles. The number of rotatable bonds is 3. The van der Waals surface area contributed by atoms with E-state index in [0.29, 0.717) is 33.7 Å². The van der Waals surface area contributed by atoms with Crippen molar-refractivity contribution in [1.82, 2.24) is 10.1 Å². The molecule has 2 aromatic carbocycles. The SMILES string of the molecule is COc1ccc(-c2nc(-c3ccc(Cl)cc3)no2)c(N)c1. The predicted molar refractivity (Wildman–Crippen MR) is 81.1 cm³/mol. The molecule has 21 heavy (non-hydrogen) atoms. The lowest BCUT2D eigenvalue weighted by Gasteiger charge is -2.03. The largest absolute Gasteiger partial charge is 0.497 e. The number of halogens is 1. The second-order valence-electron chi connectivity index (χ2n) is 4.38. The van der Waals surface area contributed by atoms with Gasteiger partial charge in [0.15, 0.2) is 0 Å². The van der Waals surface area contributed by atoms with E-state index in [-0.39, 0.29) is 0 Å². The average molecular weight is 302 g/mol. The van der Waals surface area contributed by atoms with Gasteiger partial charge in [-0.05, 0) is 36.4 Å². The third kappa shape index (κ3) is 2.68. The van der Waals surface area contributed by atoms with E-state index in [0.717, 1.165) is 5.56 Å². The average Bonchev–Trinajstić information content (AvgIpc) is 2.97. The maximum absolute atomic E-state index is 5.97. The van der Waals surface area contributed by atoms with Crippen molar-refractivity contribution in [2.45, 2.75) is 0 Å². The Morgan fingerprint density at radius 3 is 2.57 bits per heavy atom. The summed E-state index contributed by atoms with van der Waals surface area (Å²) < 4.78 is 10.4. The van der Waals surface area contributed by atoms with Crippen LogP contribution in [0.25, 0.3) is 22.8 Å². The number of hydrogen-bond donors (Lipinski definition) is 1. The second-order valence-corrected chi connectivity index (χ2v) is 4.82. The van der Waals surface area contributed by atoms with Crippen LogP contribution in [-0.2, 0) is 0 Å². The molecule has 0 amide bonds. The predicted octanol–water partition coefficient (Wildman–Crippen LogP) is 3.65. The number of nitrogens with two attached hydrogens (primary N) is 1. The van der Waals surface area contributed by atoms with Gasteiger partial charge < -0.3 is 15.0 Å². The number of nitrogens with zero attached hydrogens (tertiary/aromatic N) is 2. The van der Waals surface area contributed by atoms with Gasteiger partial charge in [-0.1, -0.05) is 16.8 Å². The fourth-order valence-corrected chi connectivity index (χ4v) is 2.04. The Balaban J connectivity index is 1.96. The molecule has 0 aliphatic carbocycles. The number of hydrogen-bond acceptors (Lipinski definition) is 5. The Morgan fingerprint density at radius 1 is 1.14 bits per heavy atom. The molecule has 1 aromatic heterocycles. The molecule has 0 saturated heterocycles. The molecule has 106 valence electrons. The van der Waals surface area contributed by atoms with Crippen LogP contribution in [0.2, 0.25) is 5.02 Å². The van der Waals surface area contributed by atoms with Gasteiger partial charge in [0, 0.05) is 22.3 Å². The topological polar surface area (TPSA) is 74.2 Å². The van der Waals surface area contributed by atoms with Crippen LogP contribution in [-0.4, -0.2) is 17.3 Å². The normalized spacial score (nSPS) is 10.6. The summed E-state index contributed by atoms with van der Waals surface area (Å²) in [7, 11) is 1.58. The highest BCUT2D eigenvalue weighted by Crippen LogP contribution is 2.29. The van der Waals surface area contributed by atoms with Crippen molar-refractivity contribution < 1.29 is 9.26 Å². The molecule has 0 spiro atoms. The van der Waals surface area contributed by atoms with E-state index in [1.165, 1.54) is 0 Å². The molecule has 5 nitrogen and oxygen atoms in total. The van der Waals surface area contributed by atoms with E-state index in [4.69, 9.17) is 26.6 Å². The first-order chi connectivity index (χ1) is 10.2. The molecule has 0 fully saturated rings. The van der Waals surface area contributed by atoms with Gasteiger partial charge in [-0.25, -0.2) is 0 Å². The summed E-state index contributed by atoms with van der Waals surface area (Å²) in [6, 6.07) is 12.5. The smallest absolute Gasteiger partial charge is 0.260 e. The molecule has 3 aromatic rings. The van der Waals surface area contributed by atoms with Crippen LogP contribution in [0.3, 0.4) is 0 Å². The lowest BCUT2D eigenvalue weighted by atomic mass is 10.1. The summed E-state index contributed by atoms with van der Waals surface area (Å²) in [5.74, 6) is 1.52. The van der Waals surface area contributed by atoms with Crippen LogP contribution in [0, 0.1) is 0 Å². The summed E-state index contributed by atoms with van der Waals surface area (Å²) in [5.41, 5.74) is 7.98. The van der Waals surface area contributed by atoms with Gasteiger partial charge in [0.05, 0.1) is 12.7 Å². The standard InChI is InChI=1S/C15H12ClN3O2/c1-20-11-6-7-12(13(17)8-11)15-18-14(19-21-15)9-2-4-10(16)5-3-9/h2-8H,17H2,1H3. The minimum absolute atomic E-state index is 0.361. The Labute approximate surface area is 126 Å². The van der Waals surface area contributed by atoms with Gasteiger partial charge in [0.25, 0.3) is 5.89 Å². The summed E-state index contributed by atoms with van der Waals surface area (Å²) in [6.45, 7) is 0. The molecule has 0 unspecified atom stereocenters. The second kappa shape index (κ2) is 5.46. The van der Waals surface area contributed by atoms with Crippen molar-refractivity contribution in [2.75, 3.05) is 12.8 Å². The fraction of sp³-hybridized carbons (Fsp3) is 0.0667. The summed E-state index contributed by atoms with van der Waals surface area (Å²) >= 11 is 5.86. The number of ether oxygens (including phenoxy) is 1. The minimum atomic E-state index is 0.361. The molecule has 0 bridgehead atoms. The molecular weight excluding hydrogens is 290 g/mol. The molecule has 0 atom stereocenters. The fourth-order valence-electron chi connectivity index (χ4n) is 1.91. The zero-order chi connectivity index (χ0) is 14.8. The first kappa shape index (κ1) is 13.5. The van der Waals surface area contributed by atoms with Crippen LogP contribution >= 0.6 is 11.6 Å². The lowest BCUT2D eigenvalue weighted by molar-refractivity contribution is 0.414. The van der Waals surface area contributed by atoms with Crippen LogP contribution in [0.1, 0.15) is 0 Å². The maximum atomic E-state index is 5.97. The Hall–Kier alpha value is -2.53. The van der Waals surface area contributed by atoms with E-state index >= 15 is 0 Å². The summed E-state index contributed by atoms with van der Waals surface area (Å²) in [4.78, 5) is 4.36. The third-order valence-electron chi connectivity index (χ3n) is 3.02. The zero-order valence-corrected chi connectivity index (χ0v) is 12.0. The van der Waals surface area contributed by atoms with Gasteiger partial charge in [0.1, 0.15) is 5.75 Å². The molecule has 6 heteroatoms. The van der Waals surface area contributed by atoms with E-state index in [1.807, 2.05) is 12.1 Å². The van der Waals surface area contributed by atoms with Gasteiger partial charge in [0.2, 0.25) is 5.82 Å². The molecule has 2 N–H and O–H groups in total. The number of benzene rings is 2. The lowest BCUT2D eigenvalue weighted by Crippen LogP contribution is -1.92. The molecule has 0 saturated carbocycles. The molecule has 0 aliphatic rings. The summed E-state index contributed by atoms with van der Waals surface area (Å²) in [5, 5.41) is 4.61. The van der Waals surface area contributed by atoms with Crippen LogP contribution in [0.5, 0.6) is 5.75 Å². The van der Waals surface area contributed by atoms with Crippen molar-refractivity contribution in [3.63, 3.8) is 0 Å². The van der Waals surface area contributed by atoms with Crippen LogP contribution in [0.4, 0.5) is 5.69 Å². The quantitative estimate of drug-likeness (QED) is 0.747. The molecule has 0 radical (unpaired) electrons. The highest BCUT2D eigenvalue weighted by atomic mass is 35.5. The Morgan fingerprint density at radius 2 is 1.90 bits per heavy atom. The van der Waals surface area contributed by atoms with Gasteiger partial charge >= 0.3 is 0 Å². The molecule has 3 rings (SSSR count). The zero-order valence-electron chi connectivity index (χ0n) is 11.2. The van der Waals surface area contributed by atoms with Crippen LogP contribution < -0.4 is 10.5 Å². The Kier molecular flexibility index (Phi) is 3.50. The number of nitrogen functional groups attached to an aromatic ring is 1. The van der Waals surface area contributed by atoms with E-state index in [1.54, 1.807) is 37.4 Å². The van der Waals surface area contributed by atoms with E-state index < -0.39 is 0 Å². The third-order valence-corrected chi connectivity index (χ3v) is 3.27. The first-order valence-electron chi connectivity index (χ1n) is 6.21. The van der Waals surface area contributed by atoms with Crippen LogP contribution in [0.15, 0.2) is 47.0 Å². The first-order valence-corrected chi connectivity index (χ1v) is 6.58. The van der Waals surface area contributed by atoms with Crippen molar-refractivity contribution >= 4 is 17.3 Å². The summed E-state index contributed by atoms with van der Waals surface area (Å²) in [6.07, 6.45) is 0. The highest BCUT2D eigenvalue weighted by Gasteiger charge is 2.13. The van der Waals surface area contributed by atoms with Crippen molar-refractivity contribution in [3.05, 3.63) is 47.5 Å². The van der Waals surface area contributed by atoms with E-state index in [2.05, 4.69) is 10.1 Å². The van der Waals surface area contributed by atoms with Gasteiger partial charge in [-0.15, -0.1) is 0 Å². The number of anilines is 1. The molecule has 1 heterocycles. The van der Waals surface area contributed by atoms with Gasteiger partial charge in [-0.3, -0.25) is 0 Å². The Bertz CT molecular complexity index is 769. The van der Waals surface area contributed by atoms with Crippen molar-refractivity contribution in [1.29, 1.82) is 0 Å². The highest BCUT2D eigenvalue weighted by molar-refractivity contribution is 6.30. The molecular formula is C15H12ClN3O2. The maximum Gasteiger partial charge on any atom is 0.260 e. The van der Waals surface area contributed by atoms with Gasteiger partial charge in [-0.2, -0.15) is 4.98 Å². The number of methoxy groups -OCH3 is 1. The minimum Gasteiger partial charge on any atom is -0.497 e.